The summed E-state index contributed by atoms with van der Waals surface area (Å²) in [6, 6.07) is 1.69. The van der Waals surface area contributed by atoms with E-state index in [1.54, 1.807) is 6.07 Å². The van der Waals surface area contributed by atoms with Gasteiger partial charge in [-0.25, -0.2) is 0 Å². The fourth-order valence-corrected chi connectivity index (χ4v) is 2.93. The van der Waals surface area contributed by atoms with E-state index in [2.05, 4.69) is 21.2 Å². The predicted octanol–water partition coefficient (Wildman–Crippen LogP) is 3.11. The number of carbonyl (C=O) groups excluding carboxylic acids is 1. The van der Waals surface area contributed by atoms with Crippen molar-refractivity contribution in [3.63, 3.8) is 0 Å². The summed E-state index contributed by atoms with van der Waals surface area (Å²) in [4.78, 5) is 11.9. The monoisotopic (exact) mass is 285 g/mol. The summed E-state index contributed by atoms with van der Waals surface area (Å²) in [7, 11) is 0. The Bertz CT molecular complexity index is 342. The fourth-order valence-electron chi connectivity index (χ4n) is 2.23. The number of alkyl halides is 1. The van der Waals surface area contributed by atoms with E-state index in [-0.39, 0.29) is 11.4 Å². The highest BCUT2D eigenvalue weighted by Crippen LogP contribution is 2.30. The van der Waals surface area contributed by atoms with Crippen LogP contribution in [0.5, 0.6) is 0 Å². The molecule has 0 radical (unpaired) electrons. The first-order valence-corrected chi connectivity index (χ1v) is 6.79. The zero-order valence-corrected chi connectivity index (χ0v) is 10.8. The third-order valence-electron chi connectivity index (χ3n) is 3.23. The Morgan fingerprint density at radius 1 is 1.44 bits per heavy atom. The fraction of sp³-hybridized carbons (Fsp3) is 0.583. The minimum atomic E-state index is -0.0629. The molecule has 0 bridgehead atoms. The van der Waals surface area contributed by atoms with Crippen molar-refractivity contribution in [3.8, 4) is 0 Å². The van der Waals surface area contributed by atoms with Crippen LogP contribution >= 0.6 is 15.9 Å². The van der Waals surface area contributed by atoms with Crippen LogP contribution in [0.4, 0.5) is 0 Å². The van der Waals surface area contributed by atoms with E-state index in [1.165, 1.54) is 31.8 Å². The molecule has 0 spiro atoms. The molecule has 0 unspecified atom stereocenters. The molecule has 0 aliphatic heterocycles. The van der Waals surface area contributed by atoms with Gasteiger partial charge in [0.05, 0.1) is 17.4 Å². The Morgan fingerprint density at radius 3 is 2.75 bits per heavy atom. The maximum atomic E-state index is 11.9. The van der Waals surface area contributed by atoms with Crippen molar-refractivity contribution >= 4 is 21.8 Å². The number of amides is 1. The summed E-state index contributed by atoms with van der Waals surface area (Å²) in [5, 5.41) is 3.96. The van der Waals surface area contributed by atoms with Crippen molar-refractivity contribution in [3.05, 3.63) is 24.2 Å². The minimum absolute atomic E-state index is 0.0323. The predicted molar refractivity (Wildman–Crippen MR) is 65.8 cm³/mol. The number of halogens is 1. The van der Waals surface area contributed by atoms with E-state index in [9.17, 15) is 4.79 Å². The summed E-state index contributed by atoms with van der Waals surface area (Å²) < 4.78 is 4.92. The van der Waals surface area contributed by atoms with Gasteiger partial charge in [-0.1, -0.05) is 35.2 Å². The van der Waals surface area contributed by atoms with Gasteiger partial charge in [-0.15, -0.1) is 0 Å². The molecule has 1 aromatic heterocycles. The number of furan rings is 1. The van der Waals surface area contributed by atoms with Crippen LogP contribution in [0.25, 0.3) is 0 Å². The molecule has 88 valence electrons. The lowest BCUT2D eigenvalue weighted by molar-refractivity contribution is 0.0886. The second-order valence-corrected chi connectivity index (χ2v) is 5.00. The summed E-state index contributed by atoms with van der Waals surface area (Å²) in [6.45, 7) is 0. The maximum Gasteiger partial charge on any atom is 0.254 e. The third-order valence-corrected chi connectivity index (χ3v) is 4.30. The normalized spacial score (nSPS) is 19.3. The second-order valence-electron chi connectivity index (χ2n) is 4.44. The molecule has 0 aromatic carbocycles. The molecule has 2 rings (SSSR count). The highest BCUT2D eigenvalue weighted by atomic mass is 79.9. The quantitative estimate of drug-likeness (QED) is 0.867. The lowest BCUT2D eigenvalue weighted by atomic mass is 9.83. The Labute approximate surface area is 104 Å². The molecule has 4 heteroatoms. The van der Waals surface area contributed by atoms with E-state index in [1.807, 2.05) is 0 Å². The van der Waals surface area contributed by atoms with Crippen LogP contribution in [-0.4, -0.2) is 16.8 Å². The molecular formula is C12H16BrNO2. The van der Waals surface area contributed by atoms with Crippen LogP contribution in [0.15, 0.2) is 23.0 Å². The number of hydrogen-bond acceptors (Lipinski definition) is 2. The molecule has 1 aromatic rings. The van der Waals surface area contributed by atoms with Gasteiger partial charge in [0.25, 0.3) is 5.91 Å². The highest BCUT2D eigenvalue weighted by molar-refractivity contribution is 9.09. The third kappa shape index (κ3) is 2.48. The summed E-state index contributed by atoms with van der Waals surface area (Å²) in [5.41, 5.74) is 0.540. The van der Waals surface area contributed by atoms with Gasteiger partial charge in [-0.2, -0.15) is 0 Å². The number of nitrogens with one attached hydrogen (secondary N) is 1. The Kier molecular flexibility index (Phi) is 3.69. The van der Waals surface area contributed by atoms with Gasteiger partial charge >= 0.3 is 0 Å². The second kappa shape index (κ2) is 5.04. The van der Waals surface area contributed by atoms with Gasteiger partial charge in [-0.3, -0.25) is 4.79 Å². The smallest absolute Gasteiger partial charge is 0.254 e. The molecule has 1 amide bonds. The molecule has 1 fully saturated rings. The van der Waals surface area contributed by atoms with Gasteiger partial charge in [0.1, 0.15) is 6.26 Å². The number of rotatable bonds is 3. The molecule has 1 N–H and O–H groups in total. The van der Waals surface area contributed by atoms with Crippen molar-refractivity contribution < 1.29 is 9.21 Å². The van der Waals surface area contributed by atoms with Crippen molar-refractivity contribution in [1.29, 1.82) is 0 Å². The number of hydrogen-bond donors (Lipinski definition) is 1. The van der Waals surface area contributed by atoms with Gasteiger partial charge in [0.15, 0.2) is 0 Å². The van der Waals surface area contributed by atoms with Gasteiger partial charge in [0, 0.05) is 5.33 Å². The largest absolute Gasteiger partial charge is 0.472 e. The average molecular weight is 286 g/mol. The molecule has 1 saturated carbocycles. The minimum Gasteiger partial charge on any atom is -0.472 e. The van der Waals surface area contributed by atoms with Gasteiger partial charge < -0.3 is 9.73 Å². The van der Waals surface area contributed by atoms with Gasteiger partial charge in [0.2, 0.25) is 0 Å². The van der Waals surface area contributed by atoms with E-state index < -0.39 is 0 Å². The maximum absolute atomic E-state index is 11.9. The highest BCUT2D eigenvalue weighted by Gasteiger charge is 2.32. The van der Waals surface area contributed by atoms with Crippen LogP contribution in [0.1, 0.15) is 42.5 Å². The van der Waals surface area contributed by atoms with Crippen LogP contribution in [-0.2, 0) is 0 Å². The van der Waals surface area contributed by atoms with Gasteiger partial charge in [-0.05, 0) is 18.9 Å². The SMILES string of the molecule is O=C(NC1(CBr)CCCCC1)c1ccoc1. The number of carbonyl (C=O) groups is 1. The molecule has 3 nitrogen and oxygen atoms in total. The molecule has 1 aliphatic carbocycles. The van der Waals surface area contributed by atoms with E-state index >= 15 is 0 Å². The molecule has 16 heavy (non-hydrogen) atoms. The molecule has 0 atom stereocenters. The molecule has 0 saturated heterocycles. The average Bonchev–Trinajstić information content (AvgIpc) is 2.84. The zero-order valence-electron chi connectivity index (χ0n) is 9.17. The van der Waals surface area contributed by atoms with E-state index in [0.29, 0.717) is 5.56 Å². The molecular weight excluding hydrogens is 270 g/mol. The van der Waals surface area contributed by atoms with Crippen molar-refractivity contribution in [2.75, 3.05) is 5.33 Å². The summed E-state index contributed by atoms with van der Waals surface area (Å²) in [5.74, 6) is -0.0323. The summed E-state index contributed by atoms with van der Waals surface area (Å²) >= 11 is 3.52. The first-order chi connectivity index (χ1) is 7.76. The lowest BCUT2D eigenvalue weighted by Gasteiger charge is -2.36. The van der Waals surface area contributed by atoms with Crippen LogP contribution in [0.2, 0.25) is 0 Å². The van der Waals surface area contributed by atoms with Crippen LogP contribution in [0, 0.1) is 0 Å². The van der Waals surface area contributed by atoms with E-state index in [0.717, 1.165) is 18.2 Å². The van der Waals surface area contributed by atoms with Crippen LogP contribution in [0.3, 0.4) is 0 Å². The lowest BCUT2D eigenvalue weighted by Crippen LogP contribution is -2.51. The first kappa shape index (κ1) is 11.7. The Balaban J connectivity index is 2.03. The van der Waals surface area contributed by atoms with E-state index in [4.69, 9.17) is 4.42 Å². The first-order valence-electron chi connectivity index (χ1n) is 5.66. The summed E-state index contributed by atoms with van der Waals surface area (Å²) in [6.07, 6.45) is 8.78. The topological polar surface area (TPSA) is 42.2 Å². The Hall–Kier alpha value is -0.770. The van der Waals surface area contributed by atoms with Crippen LogP contribution < -0.4 is 5.32 Å². The molecule has 1 aliphatic rings. The standard InChI is InChI=1S/C12H16BrNO2/c13-9-12(5-2-1-3-6-12)14-11(15)10-4-7-16-8-10/h4,7-8H,1-3,5-6,9H2,(H,14,15). The zero-order chi connectivity index (χ0) is 11.4. The van der Waals surface area contributed by atoms with Crippen molar-refractivity contribution in [2.24, 2.45) is 0 Å². The van der Waals surface area contributed by atoms with Crippen molar-refractivity contribution in [1.82, 2.24) is 5.32 Å². The Morgan fingerprint density at radius 2 is 2.19 bits per heavy atom. The van der Waals surface area contributed by atoms with Crippen molar-refractivity contribution in [2.45, 2.75) is 37.6 Å². The molecule has 1 heterocycles.